The molecule has 2 atom stereocenters. The molecule has 0 spiro atoms. The zero-order valence-corrected chi connectivity index (χ0v) is 16.0. The number of amidine groups is 1. The van der Waals surface area contributed by atoms with E-state index >= 15 is 0 Å². The first-order valence-electron chi connectivity index (χ1n) is 7.22. The van der Waals surface area contributed by atoms with E-state index in [4.69, 9.17) is 23.2 Å². The molecule has 1 aromatic rings. The third-order valence-electron chi connectivity index (χ3n) is 3.93. The van der Waals surface area contributed by atoms with Crippen LogP contribution in [0.15, 0.2) is 23.2 Å². The van der Waals surface area contributed by atoms with Gasteiger partial charge in [-0.2, -0.15) is 18.2 Å². The van der Waals surface area contributed by atoms with Gasteiger partial charge in [0.25, 0.3) is 5.91 Å². The standard InChI is InChI=1S/C14H11Cl2F3N2O3S2/c15-4-12(22)20-13-21(10-5-26(23,24)6-11(10)25-13)9-3-7(14(17,18)19)1-2-8(9)16/h1-3,10-11H,4-6H2/t10-,11-/m1/s1. The zero-order valence-electron chi connectivity index (χ0n) is 12.8. The van der Waals surface area contributed by atoms with E-state index in [0.717, 1.165) is 30.0 Å². The third kappa shape index (κ3) is 3.83. The van der Waals surface area contributed by atoms with Crippen molar-refractivity contribution < 1.29 is 26.4 Å². The largest absolute Gasteiger partial charge is 0.416 e. The molecule has 5 nitrogen and oxygen atoms in total. The lowest BCUT2D eigenvalue weighted by molar-refractivity contribution is -0.137. The van der Waals surface area contributed by atoms with E-state index in [-0.39, 0.29) is 27.4 Å². The van der Waals surface area contributed by atoms with Gasteiger partial charge in [-0.15, -0.1) is 11.6 Å². The van der Waals surface area contributed by atoms with Gasteiger partial charge < -0.3 is 4.90 Å². The van der Waals surface area contributed by atoms with Crippen LogP contribution >= 0.6 is 35.0 Å². The monoisotopic (exact) mass is 446 g/mol. The van der Waals surface area contributed by atoms with Crippen molar-refractivity contribution in [3.63, 3.8) is 0 Å². The Bertz CT molecular complexity index is 890. The molecule has 0 aliphatic carbocycles. The summed E-state index contributed by atoms with van der Waals surface area (Å²) in [5.74, 6) is -1.48. The van der Waals surface area contributed by atoms with Crippen molar-refractivity contribution in [2.45, 2.75) is 17.5 Å². The molecule has 2 fully saturated rings. The second-order valence-electron chi connectivity index (χ2n) is 5.76. The molecule has 0 unspecified atom stereocenters. The molecule has 26 heavy (non-hydrogen) atoms. The average Bonchev–Trinajstić information content (AvgIpc) is 2.97. The minimum absolute atomic E-state index is 0.00503. The number of halogens is 5. The van der Waals surface area contributed by atoms with Gasteiger partial charge in [-0.1, -0.05) is 23.4 Å². The molecule has 142 valence electrons. The minimum atomic E-state index is -4.60. The predicted molar refractivity (Wildman–Crippen MR) is 95.9 cm³/mol. The Balaban J connectivity index is 2.11. The van der Waals surface area contributed by atoms with Crippen LogP contribution in [0.4, 0.5) is 18.9 Å². The Hall–Kier alpha value is -0.970. The van der Waals surface area contributed by atoms with Crippen molar-refractivity contribution in [2.75, 3.05) is 22.3 Å². The van der Waals surface area contributed by atoms with Crippen LogP contribution in [0.3, 0.4) is 0 Å². The first kappa shape index (κ1) is 19.8. The van der Waals surface area contributed by atoms with E-state index in [2.05, 4.69) is 4.99 Å². The normalized spacial score (nSPS) is 26.3. The van der Waals surface area contributed by atoms with Gasteiger partial charge in [0.1, 0.15) is 5.88 Å². The Morgan fingerprint density at radius 3 is 2.65 bits per heavy atom. The van der Waals surface area contributed by atoms with Crippen LogP contribution in [0.25, 0.3) is 0 Å². The summed E-state index contributed by atoms with van der Waals surface area (Å²) in [4.78, 5) is 16.7. The molecule has 0 radical (unpaired) electrons. The molecule has 0 saturated carbocycles. The highest BCUT2D eigenvalue weighted by molar-refractivity contribution is 8.16. The Labute approximate surface area is 161 Å². The maximum Gasteiger partial charge on any atom is 0.416 e. The second-order valence-corrected chi connectivity index (χ2v) is 9.79. The molecule has 2 aliphatic heterocycles. The fourth-order valence-electron chi connectivity index (χ4n) is 2.86. The SMILES string of the molecule is O=C(CCl)N=C1S[C@@H]2CS(=O)(=O)C[C@H]2N1c1cc(C(F)(F)F)ccc1Cl. The van der Waals surface area contributed by atoms with Gasteiger partial charge in [0, 0.05) is 5.25 Å². The molecule has 2 saturated heterocycles. The second kappa shape index (κ2) is 6.88. The number of thioether (sulfide) groups is 1. The summed E-state index contributed by atoms with van der Waals surface area (Å²) in [6.45, 7) is 0. The highest BCUT2D eigenvalue weighted by atomic mass is 35.5. The number of anilines is 1. The lowest BCUT2D eigenvalue weighted by Crippen LogP contribution is -2.38. The molecular weight excluding hydrogens is 436 g/mol. The Kier molecular flexibility index (Phi) is 5.24. The number of nitrogens with zero attached hydrogens (tertiary/aromatic N) is 2. The average molecular weight is 447 g/mol. The van der Waals surface area contributed by atoms with Crippen LogP contribution < -0.4 is 4.90 Å². The van der Waals surface area contributed by atoms with Gasteiger partial charge in [0.2, 0.25) is 0 Å². The maximum atomic E-state index is 13.1. The smallest absolute Gasteiger partial charge is 0.314 e. The van der Waals surface area contributed by atoms with Crippen molar-refractivity contribution in [1.29, 1.82) is 0 Å². The summed E-state index contributed by atoms with van der Waals surface area (Å²) in [5.41, 5.74) is -0.978. The molecule has 1 amide bonds. The van der Waals surface area contributed by atoms with Crippen molar-refractivity contribution in [3.05, 3.63) is 28.8 Å². The van der Waals surface area contributed by atoms with Crippen LogP contribution in [-0.2, 0) is 20.8 Å². The summed E-state index contributed by atoms with van der Waals surface area (Å²) in [6.07, 6.45) is -4.60. The molecule has 1 aromatic carbocycles. The number of benzene rings is 1. The number of alkyl halides is 4. The maximum absolute atomic E-state index is 13.1. The number of aliphatic imine (C=N–C) groups is 1. The van der Waals surface area contributed by atoms with Crippen molar-refractivity contribution >= 4 is 61.6 Å². The molecule has 3 rings (SSSR count). The van der Waals surface area contributed by atoms with Gasteiger partial charge in [0.05, 0.1) is 33.8 Å². The Morgan fingerprint density at radius 1 is 1.35 bits per heavy atom. The van der Waals surface area contributed by atoms with Gasteiger partial charge in [-0.3, -0.25) is 4.79 Å². The van der Waals surface area contributed by atoms with Crippen LogP contribution in [0.2, 0.25) is 5.02 Å². The third-order valence-corrected chi connectivity index (χ3v) is 7.69. The van der Waals surface area contributed by atoms with Crippen molar-refractivity contribution in [3.8, 4) is 0 Å². The topological polar surface area (TPSA) is 66.8 Å². The number of hydrogen-bond acceptors (Lipinski definition) is 4. The van der Waals surface area contributed by atoms with Gasteiger partial charge in [0.15, 0.2) is 15.0 Å². The highest BCUT2D eigenvalue weighted by Crippen LogP contribution is 2.44. The lowest BCUT2D eigenvalue weighted by atomic mass is 10.1. The lowest BCUT2D eigenvalue weighted by Gasteiger charge is -2.26. The number of hydrogen-bond donors (Lipinski definition) is 0. The highest BCUT2D eigenvalue weighted by Gasteiger charge is 2.50. The number of carbonyl (C=O) groups is 1. The fraction of sp³-hybridized carbons (Fsp3) is 0.429. The molecule has 0 aromatic heterocycles. The van der Waals surface area contributed by atoms with E-state index < -0.39 is 44.7 Å². The number of carbonyl (C=O) groups excluding carboxylic acids is 1. The molecule has 0 bridgehead atoms. The summed E-state index contributed by atoms with van der Waals surface area (Å²) in [5, 5.41) is -0.358. The first-order chi connectivity index (χ1) is 12.0. The number of amides is 1. The predicted octanol–water partition coefficient (Wildman–Crippen LogP) is 3.20. The zero-order chi connectivity index (χ0) is 19.3. The summed E-state index contributed by atoms with van der Waals surface area (Å²) < 4.78 is 63.1. The summed E-state index contributed by atoms with van der Waals surface area (Å²) in [7, 11) is -3.35. The Morgan fingerprint density at radius 2 is 2.04 bits per heavy atom. The molecular formula is C14H11Cl2F3N2O3S2. The van der Waals surface area contributed by atoms with Crippen molar-refractivity contribution in [1.82, 2.24) is 0 Å². The van der Waals surface area contributed by atoms with E-state index in [1.165, 1.54) is 4.90 Å². The minimum Gasteiger partial charge on any atom is -0.314 e. The molecule has 2 aliphatic rings. The van der Waals surface area contributed by atoms with E-state index in [1.807, 2.05) is 0 Å². The van der Waals surface area contributed by atoms with E-state index in [0.29, 0.717) is 0 Å². The fourth-order valence-corrected chi connectivity index (χ4v) is 7.05. The van der Waals surface area contributed by atoms with Gasteiger partial charge in [-0.25, -0.2) is 8.42 Å². The summed E-state index contributed by atoms with van der Waals surface area (Å²) in [6, 6.07) is 2.09. The van der Waals surface area contributed by atoms with Crippen LogP contribution in [0.1, 0.15) is 5.56 Å². The van der Waals surface area contributed by atoms with Gasteiger partial charge in [-0.05, 0) is 18.2 Å². The number of sulfone groups is 1. The molecule has 0 N–H and O–H groups in total. The van der Waals surface area contributed by atoms with E-state index in [9.17, 15) is 26.4 Å². The van der Waals surface area contributed by atoms with Gasteiger partial charge >= 0.3 is 6.18 Å². The number of fused-ring (bicyclic) bond motifs is 1. The summed E-state index contributed by atoms with van der Waals surface area (Å²) >= 11 is 12.6. The van der Waals surface area contributed by atoms with Crippen LogP contribution in [-0.4, -0.2) is 48.2 Å². The van der Waals surface area contributed by atoms with Crippen LogP contribution in [0, 0.1) is 0 Å². The quantitative estimate of drug-likeness (QED) is 0.652. The van der Waals surface area contributed by atoms with Crippen molar-refractivity contribution in [2.24, 2.45) is 4.99 Å². The molecule has 12 heteroatoms. The molecule has 2 heterocycles. The van der Waals surface area contributed by atoms with Crippen LogP contribution in [0.5, 0.6) is 0 Å². The number of rotatable bonds is 2. The van der Waals surface area contributed by atoms with E-state index in [1.54, 1.807) is 0 Å². The first-order valence-corrected chi connectivity index (χ1v) is 10.8.